The molecule has 2 aromatic rings. The number of ether oxygens (including phenoxy) is 1. The van der Waals surface area contributed by atoms with Crippen molar-refractivity contribution in [2.75, 3.05) is 12.4 Å². The second-order valence-electron chi connectivity index (χ2n) is 4.75. The first-order valence-electron chi connectivity index (χ1n) is 6.89. The fourth-order valence-electron chi connectivity index (χ4n) is 2.43. The smallest absolute Gasteiger partial charge is 0.263 e. The Bertz CT molecular complexity index is 665. The van der Waals surface area contributed by atoms with Crippen molar-refractivity contribution < 1.29 is 4.74 Å². The van der Waals surface area contributed by atoms with E-state index in [-0.39, 0.29) is 11.7 Å². The van der Waals surface area contributed by atoms with Crippen LogP contribution in [0, 0.1) is 0 Å². The summed E-state index contributed by atoms with van der Waals surface area (Å²) >= 11 is 1.57. The van der Waals surface area contributed by atoms with Gasteiger partial charge in [0.05, 0.1) is 18.0 Å². The topological polar surface area (TPSA) is 57.0 Å². The first-order chi connectivity index (χ1) is 9.79. The van der Waals surface area contributed by atoms with Crippen LogP contribution in [0.15, 0.2) is 28.3 Å². The molecular weight excluding hydrogens is 274 g/mol. The molecule has 0 bridgehead atoms. The SMILES string of the molecule is CCSc1nc2ncccc2c(=O)n1CC1CCCO1. The van der Waals surface area contributed by atoms with Crippen molar-refractivity contribution in [1.82, 2.24) is 14.5 Å². The fourth-order valence-corrected chi connectivity index (χ4v) is 3.15. The summed E-state index contributed by atoms with van der Waals surface area (Å²) in [6, 6.07) is 3.55. The minimum atomic E-state index is -0.0189. The number of hydrogen-bond acceptors (Lipinski definition) is 5. The van der Waals surface area contributed by atoms with Crippen molar-refractivity contribution in [3.8, 4) is 0 Å². The van der Waals surface area contributed by atoms with Gasteiger partial charge >= 0.3 is 0 Å². The minimum Gasteiger partial charge on any atom is -0.376 e. The van der Waals surface area contributed by atoms with Crippen LogP contribution in [0.1, 0.15) is 19.8 Å². The summed E-state index contributed by atoms with van der Waals surface area (Å²) in [5, 5.41) is 1.31. The van der Waals surface area contributed by atoms with E-state index in [1.165, 1.54) is 0 Å². The molecule has 0 aliphatic carbocycles. The lowest BCUT2D eigenvalue weighted by Gasteiger charge is -2.15. The molecule has 0 N–H and O–H groups in total. The lowest BCUT2D eigenvalue weighted by molar-refractivity contribution is 0.0937. The van der Waals surface area contributed by atoms with Crippen LogP contribution in [0.3, 0.4) is 0 Å². The molecule has 5 nitrogen and oxygen atoms in total. The molecule has 3 rings (SSSR count). The number of pyridine rings is 1. The van der Waals surface area contributed by atoms with Crippen molar-refractivity contribution in [2.24, 2.45) is 0 Å². The molecule has 1 aliphatic rings. The van der Waals surface area contributed by atoms with Crippen molar-refractivity contribution in [1.29, 1.82) is 0 Å². The van der Waals surface area contributed by atoms with E-state index in [4.69, 9.17) is 4.74 Å². The number of fused-ring (bicyclic) bond motifs is 1. The summed E-state index contributed by atoms with van der Waals surface area (Å²) in [4.78, 5) is 21.3. The molecule has 6 heteroatoms. The van der Waals surface area contributed by atoms with E-state index in [1.54, 1.807) is 34.7 Å². The summed E-state index contributed by atoms with van der Waals surface area (Å²) in [5.74, 6) is 0.871. The van der Waals surface area contributed by atoms with Crippen LogP contribution in [-0.4, -0.2) is 33.0 Å². The maximum atomic E-state index is 12.6. The Morgan fingerprint density at radius 3 is 3.20 bits per heavy atom. The highest BCUT2D eigenvalue weighted by atomic mass is 32.2. The molecule has 0 radical (unpaired) electrons. The first kappa shape index (κ1) is 13.6. The van der Waals surface area contributed by atoms with E-state index in [1.807, 2.05) is 0 Å². The van der Waals surface area contributed by atoms with Gasteiger partial charge < -0.3 is 4.74 Å². The number of thioether (sulfide) groups is 1. The second-order valence-corrected chi connectivity index (χ2v) is 5.98. The molecule has 0 spiro atoms. The molecule has 0 amide bonds. The van der Waals surface area contributed by atoms with Crippen LogP contribution in [-0.2, 0) is 11.3 Å². The molecule has 20 heavy (non-hydrogen) atoms. The average Bonchev–Trinajstić information content (AvgIpc) is 2.96. The maximum Gasteiger partial charge on any atom is 0.263 e. The van der Waals surface area contributed by atoms with E-state index in [9.17, 15) is 4.79 Å². The molecule has 106 valence electrons. The minimum absolute atomic E-state index is 0.0189. The van der Waals surface area contributed by atoms with Crippen LogP contribution in [0.5, 0.6) is 0 Å². The van der Waals surface area contributed by atoms with Gasteiger partial charge in [0.15, 0.2) is 10.8 Å². The normalized spacial score (nSPS) is 18.8. The van der Waals surface area contributed by atoms with Crippen molar-refractivity contribution >= 4 is 22.8 Å². The quantitative estimate of drug-likeness (QED) is 0.637. The highest BCUT2D eigenvalue weighted by Gasteiger charge is 2.20. The zero-order chi connectivity index (χ0) is 13.9. The van der Waals surface area contributed by atoms with Crippen molar-refractivity contribution in [3.63, 3.8) is 0 Å². The van der Waals surface area contributed by atoms with Crippen LogP contribution in [0.25, 0.3) is 11.0 Å². The Morgan fingerprint density at radius 1 is 1.55 bits per heavy atom. The van der Waals surface area contributed by atoms with E-state index in [0.717, 1.165) is 30.4 Å². The van der Waals surface area contributed by atoms with Crippen LogP contribution >= 0.6 is 11.8 Å². The van der Waals surface area contributed by atoms with Crippen molar-refractivity contribution in [2.45, 2.75) is 37.6 Å². The summed E-state index contributed by atoms with van der Waals surface area (Å²) < 4.78 is 7.39. The largest absolute Gasteiger partial charge is 0.376 e. The monoisotopic (exact) mass is 291 g/mol. The van der Waals surface area contributed by atoms with E-state index in [0.29, 0.717) is 17.6 Å². The molecule has 2 aromatic heterocycles. The zero-order valence-corrected chi connectivity index (χ0v) is 12.2. The number of nitrogens with zero attached hydrogens (tertiary/aromatic N) is 3. The molecule has 0 aromatic carbocycles. The molecule has 0 saturated carbocycles. The fraction of sp³-hybridized carbons (Fsp3) is 0.500. The van der Waals surface area contributed by atoms with E-state index in [2.05, 4.69) is 16.9 Å². The third kappa shape index (κ3) is 2.58. The highest BCUT2D eigenvalue weighted by Crippen LogP contribution is 2.19. The molecule has 1 atom stereocenters. The lowest BCUT2D eigenvalue weighted by Crippen LogP contribution is -2.29. The van der Waals surface area contributed by atoms with Gasteiger partial charge in [-0.3, -0.25) is 9.36 Å². The van der Waals surface area contributed by atoms with E-state index >= 15 is 0 Å². The van der Waals surface area contributed by atoms with Crippen molar-refractivity contribution in [3.05, 3.63) is 28.7 Å². The van der Waals surface area contributed by atoms with Gasteiger partial charge in [0.25, 0.3) is 5.56 Å². The summed E-state index contributed by atoms with van der Waals surface area (Å²) in [6.45, 7) is 3.42. The van der Waals surface area contributed by atoms with Gasteiger partial charge in [0, 0.05) is 12.8 Å². The Morgan fingerprint density at radius 2 is 2.45 bits per heavy atom. The molecule has 1 aliphatic heterocycles. The number of aromatic nitrogens is 3. The van der Waals surface area contributed by atoms with Gasteiger partial charge in [-0.15, -0.1) is 0 Å². The lowest BCUT2D eigenvalue weighted by atomic mass is 10.2. The Balaban J connectivity index is 2.08. The second kappa shape index (κ2) is 5.93. The summed E-state index contributed by atoms with van der Waals surface area (Å²) in [6.07, 6.45) is 3.87. The Hall–Kier alpha value is -1.40. The van der Waals surface area contributed by atoms with Gasteiger partial charge in [0.1, 0.15) is 0 Å². The highest BCUT2D eigenvalue weighted by molar-refractivity contribution is 7.99. The van der Waals surface area contributed by atoms with Gasteiger partial charge in [-0.1, -0.05) is 18.7 Å². The first-order valence-corrected chi connectivity index (χ1v) is 7.88. The molecular formula is C14H17N3O2S. The molecule has 1 saturated heterocycles. The Labute approximate surface area is 121 Å². The van der Waals surface area contributed by atoms with Crippen LogP contribution < -0.4 is 5.56 Å². The predicted octanol–water partition coefficient (Wildman–Crippen LogP) is 2.08. The Kier molecular flexibility index (Phi) is 4.03. The molecule has 3 heterocycles. The molecule has 1 fully saturated rings. The standard InChI is InChI=1S/C14H17N3O2S/c1-2-20-14-16-12-11(6-3-7-15-12)13(18)17(14)9-10-5-4-8-19-10/h3,6-7,10H,2,4-5,8-9H2,1H3. The van der Waals surface area contributed by atoms with Crippen LogP contribution in [0.2, 0.25) is 0 Å². The van der Waals surface area contributed by atoms with Gasteiger partial charge in [-0.05, 0) is 30.7 Å². The number of hydrogen-bond donors (Lipinski definition) is 0. The van der Waals surface area contributed by atoms with E-state index < -0.39 is 0 Å². The predicted molar refractivity (Wildman–Crippen MR) is 79.2 cm³/mol. The zero-order valence-electron chi connectivity index (χ0n) is 11.4. The van der Waals surface area contributed by atoms with Gasteiger partial charge in [0.2, 0.25) is 0 Å². The number of rotatable bonds is 4. The average molecular weight is 291 g/mol. The summed E-state index contributed by atoms with van der Waals surface area (Å²) in [5.41, 5.74) is 0.506. The van der Waals surface area contributed by atoms with Gasteiger partial charge in [-0.25, -0.2) is 9.97 Å². The maximum absolute atomic E-state index is 12.6. The summed E-state index contributed by atoms with van der Waals surface area (Å²) in [7, 11) is 0. The molecule has 1 unspecified atom stereocenters. The van der Waals surface area contributed by atoms with Crippen LogP contribution in [0.4, 0.5) is 0 Å². The third-order valence-electron chi connectivity index (χ3n) is 3.38. The third-order valence-corrected chi connectivity index (χ3v) is 4.24. The van der Waals surface area contributed by atoms with Gasteiger partial charge in [-0.2, -0.15) is 0 Å².